The van der Waals surface area contributed by atoms with Crippen LogP contribution in [0.15, 0.2) is 47.4 Å². The highest BCUT2D eigenvalue weighted by molar-refractivity contribution is 7.89. The van der Waals surface area contributed by atoms with Crippen LogP contribution in [0.4, 0.5) is 0 Å². The summed E-state index contributed by atoms with van der Waals surface area (Å²) >= 11 is 6.24. The van der Waals surface area contributed by atoms with E-state index in [1.54, 1.807) is 7.11 Å². The molecule has 0 saturated carbocycles. The van der Waals surface area contributed by atoms with E-state index in [9.17, 15) is 13.2 Å². The van der Waals surface area contributed by atoms with Gasteiger partial charge in [0.1, 0.15) is 5.75 Å². The summed E-state index contributed by atoms with van der Waals surface area (Å²) in [6.45, 7) is 2.31. The summed E-state index contributed by atoms with van der Waals surface area (Å²) in [4.78, 5) is 15.4. The number of methoxy groups -OCH3 is 1. The van der Waals surface area contributed by atoms with Crippen LogP contribution in [0.3, 0.4) is 0 Å². The van der Waals surface area contributed by atoms with Crippen LogP contribution in [0, 0.1) is 0 Å². The lowest BCUT2D eigenvalue weighted by Gasteiger charge is -2.35. The van der Waals surface area contributed by atoms with Crippen molar-refractivity contribution in [2.45, 2.75) is 30.2 Å². The molecule has 0 bridgehead atoms. The molecule has 1 N–H and O–H groups in total. The zero-order valence-electron chi connectivity index (χ0n) is 18.7. The van der Waals surface area contributed by atoms with Crippen LogP contribution in [0.25, 0.3) is 0 Å². The van der Waals surface area contributed by atoms with Gasteiger partial charge in [0, 0.05) is 20.6 Å². The van der Waals surface area contributed by atoms with Crippen LogP contribution in [0.1, 0.15) is 41.2 Å². The summed E-state index contributed by atoms with van der Waals surface area (Å²) in [5.41, 5.74) is 1.23. The maximum absolute atomic E-state index is 13.0. The molecule has 0 aliphatic carbocycles. The number of carbonyl (C=O) groups is 1. The standard InChI is InChI=1S/C23H30ClN3O4S/c1-26(2)32(29,30)19-11-12-21(24)20(15-19)23(28)25-16-22(27-13-5-4-6-14-27)17-7-9-18(31-3)10-8-17/h7-12,15,22H,4-6,13-14,16H2,1-3H3,(H,25,28)/t22-/m0/s1. The minimum Gasteiger partial charge on any atom is -0.497 e. The molecule has 1 aliphatic heterocycles. The van der Waals surface area contributed by atoms with Crippen molar-refractivity contribution in [3.63, 3.8) is 0 Å². The lowest BCUT2D eigenvalue weighted by Crippen LogP contribution is -2.40. The van der Waals surface area contributed by atoms with Crippen molar-refractivity contribution in [3.05, 3.63) is 58.6 Å². The summed E-state index contributed by atoms with van der Waals surface area (Å²) in [5.74, 6) is 0.377. The van der Waals surface area contributed by atoms with Crippen molar-refractivity contribution < 1.29 is 17.9 Å². The van der Waals surface area contributed by atoms with Gasteiger partial charge in [-0.15, -0.1) is 0 Å². The Labute approximate surface area is 195 Å². The summed E-state index contributed by atoms with van der Waals surface area (Å²) < 4.78 is 31.3. The number of sulfonamides is 1. The fourth-order valence-corrected chi connectivity index (χ4v) is 4.98. The largest absolute Gasteiger partial charge is 0.497 e. The number of amides is 1. The Morgan fingerprint density at radius 2 is 1.78 bits per heavy atom. The van der Waals surface area contributed by atoms with Crippen molar-refractivity contribution in [1.29, 1.82) is 0 Å². The zero-order chi connectivity index (χ0) is 23.3. The lowest BCUT2D eigenvalue weighted by atomic mass is 10.0. The van der Waals surface area contributed by atoms with Crippen LogP contribution in [-0.4, -0.2) is 64.4 Å². The Hall–Kier alpha value is -2.13. The van der Waals surface area contributed by atoms with Gasteiger partial charge in [0.25, 0.3) is 5.91 Å². The van der Waals surface area contributed by atoms with Crippen molar-refractivity contribution in [3.8, 4) is 5.75 Å². The molecular formula is C23H30ClN3O4S. The Morgan fingerprint density at radius 3 is 2.38 bits per heavy atom. The van der Waals surface area contributed by atoms with Gasteiger partial charge in [0.05, 0.1) is 28.6 Å². The molecule has 0 aromatic heterocycles. The molecule has 1 aliphatic rings. The minimum atomic E-state index is -3.67. The van der Waals surface area contributed by atoms with Gasteiger partial charge in [-0.05, 0) is 61.8 Å². The predicted octanol–water partition coefficient (Wildman–Crippen LogP) is 3.56. The van der Waals surface area contributed by atoms with Gasteiger partial charge in [-0.2, -0.15) is 0 Å². The zero-order valence-corrected chi connectivity index (χ0v) is 20.2. The number of rotatable bonds is 8. The molecule has 0 radical (unpaired) electrons. The first-order chi connectivity index (χ1) is 15.2. The number of halogens is 1. The molecule has 2 aromatic rings. The van der Waals surface area contributed by atoms with Crippen LogP contribution in [0.2, 0.25) is 5.02 Å². The number of likely N-dealkylation sites (tertiary alicyclic amines) is 1. The third-order valence-electron chi connectivity index (χ3n) is 5.75. The van der Waals surface area contributed by atoms with E-state index in [-0.39, 0.29) is 21.5 Å². The molecule has 1 fully saturated rings. The van der Waals surface area contributed by atoms with Crippen molar-refractivity contribution in [2.75, 3.05) is 40.8 Å². The number of piperidine rings is 1. The summed E-state index contributed by atoms with van der Waals surface area (Å²) in [5, 5.41) is 3.18. The monoisotopic (exact) mass is 479 g/mol. The summed E-state index contributed by atoms with van der Waals surface area (Å²) in [7, 11) is 0.850. The van der Waals surface area contributed by atoms with E-state index in [1.807, 2.05) is 24.3 Å². The molecule has 2 aromatic carbocycles. The molecule has 7 nitrogen and oxygen atoms in total. The SMILES string of the molecule is COc1ccc([C@H](CNC(=O)c2cc(S(=O)(=O)N(C)C)ccc2Cl)N2CCCCC2)cc1. The molecule has 1 atom stereocenters. The van der Waals surface area contributed by atoms with Gasteiger partial charge in [0.15, 0.2) is 0 Å². The molecule has 32 heavy (non-hydrogen) atoms. The van der Waals surface area contributed by atoms with Crippen molar-refractivity contribution in [1.82, 2.24) is 14.5 Å². The highest BCUT2D eigenvalue weighted by Crippen LogP contribution is 2.27. The molecule has 3 rings (SSSR count). The molecule has 1 heterocycles. The maximum atomic E-state index is 13.0. The van der Waals surface area contributed by atoms with Crippen molar-refractivity contribution in [2.24, 2.45) is 0 Å². The van der Waals surface area contributed by atoms with E-state index >= 15 is 0 Å². The normalized spacial score (nSPS) is 16.0. The van der Waals surface area contributed by atoms with Gasteiger partial charge in [-0.25, -0.2) is 12.7 Å². The first-order valence-electron chi connectivity index (χ1n) is 10.6. The molecular weight excluding hydrogens is 450 g/mol. The third-order valence-corrected chi connectivity index (χ3v) is 7.89. The molecule has 9 heteroatoms. The Bertz CT molecular complexity index is 1040. The Morgan fingerprint density at radius 1 is 1.12 bits per heavy atom. The molecule has 1 saturated heterocycles. The second kappa shape index (κ2) is 10.7. The average molecular weight is 480 g/mol. The first-order valence-corrected chi connectivity index (χ1v) is 12.4. The van der Waals surface area contributed by atoms with E-state index in [4.69, 9.17) is 16.3 Å². The topological polar surface area (TPSA) is 78.9 Å². The third kappa shape index (κ3) is 5.61. The quantitative estimate of drug-likeness (QED) is 0.626. The fraction of sp³-hybridized carbons (Fsp3) is 0.435. The number of benzene rings is 2. The lowest BCUT2D eigenvalue weighted by molar-refractivity contribution is 0.0924. The van der Waals surface area contributed by atoms with Crippen LogP contribution < -0.4 is 10.1 Å². The van der Waals surface area contributed by atoms with Gasteiger partial charge >= 0.3 is 0 Å². The number of hydrogen-bond donors (Lipinski definition) is 1. The van der Waals surface area contributed by atoms with E-state index in [1.165, 1.54) is 38.7 Å². The highest BCUT2D eigenvalue weighted by atomic mass is 35.5. The number of nitrogens with one attached hydrogen (secondary N) is 1. The molecule has 1 amide bonds. The van der Waals surface area contributed by atoms with Crippen LogP contribution in [0.5, 0.6) is 5.75 Å². The number of ether oxygens (including phenoxy) is 1. The predicted molar refractivity (Wildman–Crippen MR) is 126 cm³/mol. The number of carbonyl (C=O) groups excluding carboxylic acids is 1. The second-order valence-electron chi connectivity index (χ2n) is 8.02. The smallest absolute Gasteiger partial charge is 0.252 e. The van der Waals surface area contributed by atoms with Crippen LogP contribution >= 0.6 is 11.6 Å². The van der Waals surface area contributed by atoms with E-state index in [2.05, 4.69) is 10.2 Å². The average Bonchev–Trinajstić information content (AvgIpc) is 2.80. The van der Waals surface area contributed by atoms with Gasteiger partial charge in [0.2, 0.25) is 10.0 Å². The van der Waals surface area contributed by atoms with E-state index < -0.39 is 15.9 Å². The minimum absolute atomic E-state index is 0.00220. The number of hydrogen-bond acceptors (Lipinski definition) is 5. The molecule has 0 spiro atoms. The van der Waals surface area contributed by atoms with Gasteiger partial charge < -0.3 is 10.1 Å². The van der Waals surface area contributed by atoms with Gasteiger partial charge in [-0.3, -0.25) is 9.69 Å². The summed E-state index contributed by atoms with van der Waals surface area (Å²) in [6, 6.07) is 12.0. The molecule has 174 valence electrons. The Balaban J connectivity index is 1.81. The van der Waals surface area contributed by atoms with E-state index in [0.717, 1.165) is 41.5 Å². The van der Waals surface area contributed by atoms with Crippen molar-refractivity contribution >= 4 is 27.5 Å². The van der Waals surface area contributed by atoms with Crippen LogP contribution in [-0.2, 0) is 10.0 Å². The fourth-order valence-electron chi connectivity index (χ4n) is 3.85. The second-order valence-corrected chi connectivity index (χ2v) is 10.6. The highest BCUT2D eigenvalue weighted by Gasteiger charge is 2.25. The van der Waals surface area contributed by atoms with E-state index in [0.29, 0.717) is 6.54 Å². The maximum Gasteiger partial charge on any atom is 0.252 e. The Kier molecular flexibility index (Phi) is 8.16. The summed E-state index contributed by atoms with van der Waals surface area (Å²) in [6.07, 6.45) is 3.45. The first kappa shape index (κ1) is 24.5. The number of nitrogens with zero attached hydrogens (tertiary/aromatic N) is 2. The molecule has 0 unspecified atom stereocenters. The van der Waals surface area contributed by atoms with Gasteiger partial charge in [-0.1, -0.05) is 30.2 Å².